The summed E-state index contributed by atoms with van der Waals surface area (Å²) in [6, 6.07) is 4.24. The Hall–Kier alpha value is -3.23. The number of methoxy groups -OCH3 is 3. The first kappa shape index (κ1) is 23.8. The van der Waals surface area contributed by atoms with Crippen LogP contribution in [-0.4, -0.2) is 51.0 Å². The maximum Gasteiger partial charge on any atom is 0.408 e. The molecule has 1 atom stereocenters. The Bertz CT molecular complexity index is 754. The number of esters is 2. The Morgan fingerprint density at radius 2 is 1.79 bits per heavy atom. The number of ether oxygens (including phenoxy) is 4. The van der Waals surface area contributed by atoms with Crippen LogP contribution in [0.4, 0.5) is 10.5 Å². The number of hydrogen-bond donors (Lipinski definition) is 2. The molecule has 0 spiro atoms. The molecule has 0 aliphatic heterocycles. The van der Waals surface area contributed by atoms with Gasteiger partial charge in [0.05, 0.1) is 27.0 Å². The van der Waals surface area contributed by atoms with E-state index >= 15 is 0 Å². The van der Waals surface area contributed by atoms with Gasteiger partial charge in [-0.1, -0.05) is 6.07 Å². The Labute approximate surface area is 170 Å². The lowest BCUT2D eigenvalue weighted by Crippen LogP contribution is -2.45. The van der Waals surface area contributed by atoms with E-state index in [1.807, 2.05) is 0 Å². The normalized spacial score (nSPS) is 12.1. The lowest BCUT2D eigenvalue weighted by molar-refractivity contribution is -0.143. The van der Waals surface area contributed by atoms with E-state index < -0.39 is 29.7 Å². The molecule has 0 heterocycles. The summed E-state index contributed by atoms with van der Waals surface area (Å²) in [5.41, 5.74) is 0.575. The van der Waals surface area contributed by atoms with Crippen LogP contribution < -0.4 is 15.4 Å². The second-order valence-electron chi connectivity index (χ2n) is 6.96. The van der Waals surface area contributed by atoms with Gasteiger partial charge in [0.25, 0.3) is 0 Å². The maximum absolute atomic E-state index is 12.1. The lowest BCUT2D eigenvalue weighted by Gasteiger charge is -2.23. The van der Waals surface area contributed by atoms with Gasteiger partial charge < -0.3 is 29.6 Å². The van der Waals surface area contributed by atoms with Gasteiger partial charge in [-0.2, -0.15) is 0 Å². The van der Waals surface area contributed by atoms with Crippen LogP contribution in [0.25, 0.3) is 0 Å². The maximum atomic E-state index is 12.1. The molecule has 0 unspecified atom stereocenters. The zero-order valence-electron chi connectivity index (χ0n) is 17.5. The zero-order valence-corrected chi connectivity index (χ0v) is 17.5. The topological polar surface area (TPSA) is 112 Å². The number of anilines is 1. The first-order chi connectivity index (χ1) is 13.6. The molecule has 0 fully saturated rings. The highest BCUT2D eigenvalue weighted by molar-refractivity contribution is 5.83. The van der Waals surface area contributed by atoms with Gasteiger partial charge >= 0.3 is 18.0 Å². The molecular weight excluding hydrogens is 380 g/mol. The van der Waals surface area contributed by atoms with Gasteiger partial charge in [0.15, 0.2) is 0 Å². The molecule has 0 bridgehead atoms. The highest BCUT2D eigenvalue weighted by Gasteiger charge is 2.25. The van der Waals surface area contributed by atoms with Crippen molar-refractivity contribution < 1.29 is 33.3 Å². The quantitative estimate of drug-likeness (QED) is 0.383. The number of alkyl carbamates (subject to hydrolysis) is 1. The largest absolute Gasteiger partial charge is 0.495 e. The van der Waals surface area contributed by atoms with Crippen LogP contribution in [0, 0.1) is 0 Å². The average molecular weight is 408 g/mol. The van der Waals surface area contributed by atoms with E-state index in [9.17, 15) is 14.4 Å². The summed E-state index contributed by atoms with van der Waals surface area (Å²) in [5, 5.41) is 5.45. The fraction of sp³-hybridized carbons (Fsp3) is 0.450. The monoisotopic (exact) mass is 408 g/mol. The van der Waals surface area contributed by atoms with E-state index in [0.29, 0.717) is 17.0 Å². The SMILES string of the molecule is COC(=O)/C=C/Nc1cc(C[C@H](NC(=O)OC(C)(C)C)C(=O)OC)ccc1OC. The van der Waals surface area contributed by atoms with Crippen LogP contribution in [-0.2, 0) is 30.2 Å². The van der Waals surface area contributed by atoms with Gasteiger partial charge in [-0.05, 0) is 38.5 Å². The number of nitrogens with one attached hydrogen (secondary N) is 2. The summed E-state index contributed by atoms with van der Waals surface area (Å²) in [6.07, 6.45) is 2.06. The van der Waals surface area contributed by atoms with Gasteiger partial charge in [-0.25, -0.2) is 14.4 Å². The standard InChI is InChI=1S/C20H28N2O7/c1-20(2,3)29-19(25)22-15(18(24)28-6)12-13-7-8-16(26-4)14(11-13)21-10-9-17(23)27-5/h7-11,15,21H,12H2,1-6H3,(H,22,25)/b10-9+/t15-/m0/s1. The molecule has 2 N–H and O–H groups in total. The van der Waals surface area contributed by atoms with E-state index in [4.69, 9.17) is 14.2 Å². The predicted molar refractivity (Wildman–Crippen MR) is 107 cm³/mol. The van der Waals surface area contributed by atoms with Gasteiger partial charge in [0.1, 0.15) is 17.4 Å². The molecule has 0 aliphatic carbocycles. The first-order valence-electron chi connectivity index (χ1n) is 8.85. The average Bonchev–Trinajstić information content (AvgIpc) is 2.65. The Morgan fingerprint density at radius 3 is 2.34 bits per heavy atom. The number of amides is 1. The minimum absolute atomic E-state index is 0.158. The molecule has 160 valence electrons. The van der Waals surface area contributed by atoms with E-state index in [2.05, 4.69) is 15.4 Å². The van der Waals surface area contributed by atoms with Crippen LogP contribution in [0.5, 0.6) is 5.75 Å². The molecule has 0 aliphatic rings. The van der Waals surface area contributed by atoms with Crippen molar-refractivity contribution in [2.45, 2.75) is 38.8 Å². The van der Waals surface area contributed by atoms with Crippen molar-refractivity contribution in [1.82, 2.24) is 5.32 Å². The van der Waals surface area contributed by atoms with E-state index in [0.717, 1.165) is 0 Å². The number of carbonyl (C=O) groups is 3. The summed E-state index contributed by atoms with van der Waals surface area (Å²) >= 11 is 0. The smallest absolute Gasteiger partial charge is 0.408 e. The number of rotatable bonds is 8. The third-order valence-corrected chi connectivity index (χ3v) is 3.54. The van der Waals surface area contributed by atoms with Crippen molar-refractivity contribution in [3.8, 4) is 5.75 Å². The van der Waals surface area contributed by atoms with Crippen molar-refractivity contribution in [2.75, 3.05) is 26.6 Å². The molecule has 9 nitrogen and oxygen atoms in total. The van der Waals surface area contributed by atoms with Crippen LogP contribution in [0.3, 0.4) is 0 Å². The van der Waals surface area contributed by atoms with E-state index in [1.54, 1.807) is 39.0 Å². The number of carbonyl (C=O) groups excluding carboxylic acids is 3. The Morgan fingerprint density at radius 1 is 1.10 bits per heavy atom. The fourth-order valence-electron chi connectivity index (χ4n) is 2.28. The van der Waals surface area contributed by atoms with Crippen LogP contribution >= 0.6 is 0 Å². The summed E-state index contributed by atoms with van der Waals surface area (Å²) in [6.45, 7) is 5.18. The summed E-state index contributed by atoms with van der Waals surface area (Å²) in [4.78, 5) is 35.4. The molecule has 29 heavy (non-hydrogen) atoms. The van der Waals surface area contributed by atoms with Crippen molar-refractivity contribution in [2.24, 2.45) is 0 Å². The van der Waals surface area contributed by atoms with Gasteiger partial charge in [-0.3, -0.25) is 0 Å². The molecule has 0 saturated carbocycles. The van der Waals surface area contributed by atoms with Crippen LogP contribution in [0.1, 0.15) is 26.3 Å². The van der Waals surface area contributed by atoms with Gasteiger partial charge in [0.2, 0.25) is 0 Å². The molecule has 1 aromatic carbocycles. The molecular formula is C20H28N2O7. The van der Waals surface area contributed by atoms with Crippen molar-refractivity contribution >= 4 is 23.7 Å². The number of hydrogen-bond acceptors (Lipinski definition) is 8. The molecule has 1 amide bonds. The van der Waals surface area contributed by atoms with Crippen molar-refractivity contribution in [1.29, 1.82) is 0 Å². The highest BCUT2D eigenvalue weighted by Crippen LogP contribution is 2.26. The van der Waals surface area contributed by atoms with Crippen molar-refractivity contribution in [3.63, 3.8) is 0 Å². The van der Waals surface area contributed by atoms with E-state index in [1.165, 1.54) is 33.6 Å². The number of benzene rings is 1. The zero-order chi connectivity index (χ0) is 22.0. The molecule has 1 aromatic rings. The first-order valence-corrected chi connectivity index (χ1v) is 8.85. The third-order valence-electron chi connectivity index (χ3n) is 3.54. The molecule has 1 rings (SSSR count). The lowest BCUT2D eigenvalue weighted by atomic mass is 10.0. The molecule has 0 radical (unpaired) electrons. The van der Waals surface area contributed by atoms with Gasteiger partial charge in [0, 0.05) is 18.7 Å². The highest BCUT2D eigenvalue weighted by atomic mass is 16.6. The van der Waals surface area contributed by atoms with E-state index in [-0.39, 0.29) is 6.42 Å². The molecule has 0 saturated heterocycles. The fourth-order valence-corrected chi connectivity index (χ4v) is 2.28. The van der Waals surface area contributed by atoms with Crippen molar-refractivity contribution in [3.05, 3.63) is 36.0 Å². The minimum atomic E-state index is -0.943. The predicted octanol–water partition coefficient (Wildman–Crippen LogP) is 2.40. The molecule has 0 aromatic heterocycles. The summed E-state index contributed by atoms with van der Waals surface area (Å²) < 4.78 is 19.8. The Balaban J connectivity index is 2.99. The summed E-state index contributed by atoms with van der Waals surface area (Å²) in [7, 11) is 4.02. The second kappa shape index (κ2) is 10.9. The second-order valence-corrected chi connectivity index (χ2v) is 6.96. The van der Waals surface area contributed by atoms with Crippen LogP contribution in [0.2, 0.25) is 0 Å². The molecule has 9 heteroatoms. The third kappa shape index (κ3) is 8.54. The van der Waals surface area contributed by atoms with Crippen LogP contribution in [0.15, 0.2) is 30.5 Å². The Kier molecular flexibility index (Phi) is 8.98. The summed E-state index contributed by atoms with van der Waals surface area (Å²) in [5.74, 6) is -0.593. The van der Waals surface area contributed by atoms with Gasteiger partial charge in [-0.15, -0.1) is 0 Å². The minimum Gasteiger partial charge on any atom is -0.495 e.